The number of carbonyl (C=O) groups excluding carboxylic acids is 1. The van der Waals surface area contributed by atoms with E-state index in [1.54, 1.807) is 0 Å². The van der Waals surface area contributed by atoms with Gasteiger partial charge in [-0.2, -0.15) is 0 Å². The van der Waals surface area contributed by atoms with Gasteiger partial charge in [0.25, 0.3) is 0 Å². The second-order valence-electron chi connectivity index (χ2n) is 4.21. The third-order valence-electron chi connectivity index (χ3n) is 1.32. The molecule has 0 spiro atoms. The molecule has 0 aliphatic heterocycles. The molecule has 0 radical (unpaired) electrons. The predicted molar refractivity (Wildman–Crippen MR) is 53.4 cm³/mol. The Morgan fingerprint density at radius 1 is 1.33 bits per heavy atom. The highest BCUT2D eigenvalue weighted by Crippen LogP contribution is 2.27. The standard InChI is InChI=1S/C9H17BrO2/c1-6(2)12-8(11)7(10)9(3,4)5/h6-7H,1-5H3. The van der Waals surface area contributed by atoms with Crippen LogP contribution >= 0.6 is 15.9 Å². The fraction of sp³-hybridized carbons (Fsp3) is 0.889. The van der Waals surface area contributed by atoms with Gasteiger partial charge in [-0.3, -0.25) is 4.79 Å². The molecule has 3 heteroatoms. The molecule has 12 heavy (non-hydrogen) atoms. The van der Waals surface area contributed by atoms with E-state index in [1.807, 2.05) is 34.6 Å². The van der Waals surface area contributed by atoms with Gasteiger partial charge in [-0.15, -0.1) is 0 Å². The summed E-state index contributed by atoms with van der Waals surface area (Å²) in [5.74, 6) is -0.183. The molecule has 2 nitrogen and oxygen atoms in total. The van der Waals surface area contributed by atoms with Crippen LogP contribution in [0.1, 0.15) is 34.6 Å². The normalized spacial score (nSPS) is 14.6. The van der Waals surface area contributed by atoms with E-state index in [-0.39, 0.29) is 22.3 Å². The monoisotopic (exact) mass is 236 g/mol. The Morgan fingerprint density at radius 3 is 2.00 bits per heavy atom. The summed E-state index contributed by atoms with van der Waals surface area (Å²) in [6.07, 6.45) is -0.0418. The first kappa shape index (κ1) is 11.9. The van der Waals surface area contributed by atoms with Crippen molar-refractivity contribution in [1.29, 1.82) is 0 Å². The number of ether oxygens (including phenoxy) is 1. The van der Waals surface area contributed by atoms with Gasteiger partial charge in [0.2, 0.25) is 0 Å². The summed E-state index contributed by atoms with van der Waals surface area (Å²) in [7, 11) is 0. The molecule has 1 unspecified atom stereocenters. The molecule has 0 aliphatic carbocycles. The molecule has 0 amide bonds. The summed E-state index contributed by atoms with van der Waals surface area (Å²) >= 11 is 3.32. The smallest absolute Gasteiger partial charge is 0.320 e. The van der Waals surface area contributed by atoms with Gasteiger partial charge in [0.15, 0.2) is 0 Å². The lowest BCUT2D eigenvalue weighted by Crippen LogP contribution is -2.32. The zero-order chi connectivity index (χ0) is 9.94. The molecule has 0 rings (SSSR count). The number of esters is 1. The van der Waals surface area contributed by atoms with E-state index in [2.05, 4.69) is 15.9 Å². The molecule has 1 atom stereocenters. The van der Waals surface area contributed by atoms with Crippen molar-refractivity contribution in [2.24, 2.45) is 5.41 Å². The van der Waals surface area contributed by atoms with Crippen molar-refractivity contribution in [2.45, 2.75) is 45.5 Å². The van der Waals surface area contributed by atoms with Crippen molar-refractivity contribution in [2.75, 3.05) is 0 Å². The molecule has 0 aromatic heterocycles. The molecule has 0 aromatic rings. The van der Waals surface area contributed by atoms with Gasteiger partial charge in [-0.25, -0.2) is 0 Å². The van der Waals surface area contributed by atoms with Crippen molar-refractivity contribution in [3.8, 4) is 0 Å². The van der Waals surface area contributed by atoms with Crippen LogP contribution in [0.2, 0.25) is 0 Å². The minimum atomic E-state index is -0.229. The zero-order valence-corrected chi connectivity index (χ0v) is 9.94. The van der Waals surface area contributed by atoms with Gasteiger partial charge in [0.05, 0.1) is 6.10 Å². The second-order valence-corrected chi connectivity index (χ2v) is 5.13. The van der Waals surface area contributed by atoms with Crippen LogP contribution in [0.4, 0.5) is 0 Å². The average molecular weight is 237 g/mol. The Hall–Kier alpha value is -0.0500. The first-order chi connectivity index (χ1) is 5.25. The molecule has 0 aliphatic rings. The van der Waals surface area contributed by atoms with Crippen LogP contribution in [-0.4, -0.2) is 16.9 Å². The maximum absolute atomic E-state index is 11.3. The molecule has 72 valence electrons. The number of alkyl halides is 1. The lowest BCUT2D eigenvalue weighted by Gasteiger charge is -2.24. The predicted octanol–water partition coefficient (Wildman–Crippen LogP) is 2.75. The molecule has 0 fully saturated rings. The van der Waals surface area contributed by atoms with Gasteiger partial charge in [-0.05, 0) is 19.3 Å². The van der Waals surface area contributed by atoms with Crippen LogP contribution in [0.5, 0.6) is 0 Å². The third-order valence-corrected chi connectivity index (χ3v) is 3.07. The van der Waals surface area contributed by atoms with Crippen LogP contribution < -0.4 is 0 Å². The molecule has 0 heterocycles. The largest absolute Gasteiger partial charge is 0.462 e. The highest BCUT2D eigenvalue weighted by atomic mass is 79.9. The molecule has 0 saturated heterocycles. The van der Waals surface area contributed by atoms with E-state index in [9.17, 15) is 4.79 Å². The Morgan fingerprint density at radius 2 is 1.75 bits per heavy atom. The van der Waals surface area contributed by atoms with E-state index >= 15 is 0 Å². The summed E-state index contributed by atoms with van der Waals surface area (Å²) < 4.78 is 5.05. The van der Waals surface area contributed by atoms with Crippen molar-refractivity contribution in [1.82, 2.24) is 0 Å². The first-order valence-corrected chi connectivity index (χ1v) is 5.01. The van der Waals surface area contributed by atoms with Crippen LogP contribution in [0, 0.1) is 5.41 Å². The fourth-order valence-electron chi connectivity index (χ4n) is 0.646. The van der Waals surface area contributed by atoms with E-state index in [0.29, 0.717) is 0 Å². The van der Waals surface area contributed by atoms with E-state index in [0.717, 1.165) is 0 Å². The van der Waals surface area contributed by atoms with Gasteiger partial charge < -0.3 is 4.74 Å². The maximum Gasteiger partial charge on any atom is 0.320 e. The van der Waals surface area contributed by atoms with Crippen molar-refractivity contribution >= 4 is 21.9 Å². The molecule has 0 aromatic carbocycles. The Labute approximate surface area is 82.8 Å². The highest BCUT2D eigenvalue weighted by Gasteiger charge is 2.30. The van der Waals surface area contributed by atoms with Crippen molar-refractivity contribution < 1.29 is 9.53 Å². The van der Waals surface area contributed by atoms with Crippen LogP contribution in [0.3, 0.4) is 0 Å². The number of hydrogen-bond acceptors (Lipinski definition) is 2. The molecule has 0 N–H and O–H groups in total. The topological polar surface area (TPSA) is 26.3 Å². The fourth-order valence-corrected chi connectivity index (χ4v) is 0.754. The summed E-state index contributed by atoms with van der Waals surface area (Å²) in [5, 5.41) is 0. The number of hydrogen-bond donors (Lipinski definition) is 0. The zero-order valence-electron chi connectivity index (χ0n) is 8.35. The lowest BCUT2D eigenvalue weighted by molar-refractivity contribution is -0.148. The van der Waals surface area contributed by atoms with Crippen molar-refractivity contribution in [3.05, 3.63) is 0 Å². The average Bonchev–Trinajstić information content (AvgIpc) is 1.82. The summed E-state index contributed by atoms with van der Waals surface area (Å²) in [6.45, 7) is 9.68. The summed E-state index contributed by atoms with van der Waals surface area (Å²) in [6, 6.07) is 0. The van der Waals surface area contributed by atoms with E-state index in [4.69, 9.17) is 4.74 Å². The van der Waals surface area contributed by atoms with Gasteiger partial charge >= 0.3 is 5.97 Å². The van der Waals surface area contributed by atoms with Crippen LogP contribution in [0.25, 0.3) is 0 Å². The summed E-state index contributed by atoms with van der Waals surface area (Å²) in [5.41, 5.74) is -0.0913. The van der Waals surface area contributed by atoms with Crippen LogP contribution in [0.15, 0.2) is 0 Å². The number of carbonyl (C=O) groups is 1. The Bertz CT molecular complexity index is 158. The van der Waals surface area contributed by atoms with Gasteiger partial charge in [0.1, 0.15) is 4.83 Å². The van der Waals surface area contributed by atoms with Crippen molar-refractivity contribution in [3.63, 3.8) is 0 Å². The minimum Gasteiger partial charge on any atom is -0.462 e. The molecular weight excluding hydrogens is 220 g/mol. The van der Waals surface area contributed by atoms with Gasteiger partial charge in [-0.1, -0.05) is 36.7 Å². The molecular formula is C9H17BrO2. The van der Waals surface area contributed by atoms with E-state index < -0.39 is 0 Å². The lowest BCUT2D eigenvalue weighted by atomic mass is 9.92. The second kappa shape index (κ2) is 4.26. The first-order valence-electron chi connectivity index (χ1n) is 4.09. The SMILES string of the molecule is CC(C)OC(=O)C(Br)C(C)(C)C. The minimum absolute atomic E-state index is 0.0418. The van der Waals surface area contributed by atoms with Crippen LogP contribution in [-0.2, 0) is 9.53 Å². The van der Waals surface area contributed by atoms with Gasteiger partial charge in [0, 0.05) is 0 Å². The quantitative estimate of drug-likeness (QED) is 0.545. The Balaban J connectivity index is 4.12. The third kappa shape index (κ3) is 4.10. The number of rotatable bonds is 2. The maximum atomic E-state index is 11.3. The highest BCUT2D eigenvalue weighted by molar-refractivity contribution is 9.10. The number of halogens is 1. The molecule has 0 saturated carbocycles. The molecule has 0 bridgehead atoms. The van der Waals surface area contributed by atoms with E-state index in [1.165, 1.54) is 0 Å². The Kier molecular flexibility index (Phi) is 4.24. The summed E-state index contributed by atoms with van der Waals surface area (Å²) in [4.78, 5) is 11.1.